The molecule has 2 unspecified atom stereocenters. The third-order valence-electron chi connectivity index (χ3n) is 6.47. The van der Waals surface area contributed by atoms with Gasteiger partial charge in [-0.1, -0.05) is 97.6 Å². The first-order valence-corrected chi connectivity index (χ1v) is 12.4. The van der Waals surface area contributed by atoms with Crippen molar-refractivity contribution in [3.63, 3.8) is 0 Å². The largest absolute Gasteiger partial charge is 0.335 e. The summed E-state index contributed by atoms with van der Waals surface area (Å²) in [6, 6.07) is 25.9. The standard InChI is InChI=1S/C29H34N4O2/c1-21-17-19-25(20-18-21)31-29(35)33-27(23-13-7-3-8-14-23)26(22-11-5-2-6-12-22)32-28(34)30-24-15-9-4-10-16-24/h2-3,5-8,11-14,17-20,24,26-27H,4,9-10,15-16H2,1H3,(H2,30,32,34)(H2,31,33,35). The van der Waals surface area contributed by atoms with Gasteiger partial charge in [-0.3, -0.25) is 0 Å². The van der Waals surface area contributed by atoms with Gasteiger partial charge in [0.1, 0.15) is 0 Å². The average molecular weight is 471 g/mol. The topological polar surface area (TPSA) is 82.3 Å². The van der Waals surface area contributed by atoms with E-state index in [4.69, 9.17) is 0 Å². The Balaban J connectivity index is 1.57. The van der Waals surface area contributed by atoms with Crippen molar-refractivity contribution in [1.82, 2.24) is 16.0 Å². The molecule has 35 heavy (non-hydrogen) atoms. The first-order chi connectivity index (χ1) is 17.1. The Labute approximate surface area is 207 Å². The number of hydrogen-bond donors (Lipinski definition) is 4. The molecule has 4 rings (SSSR count). The number of rotatable bonds is 7. The summed E-state index contributed by atoms with van der Waals surface area (Å²) < 4.78 is 0. The highest BCUT2D eigenvalue weighted by Gasteiger charge is 2.29. The third kappa shape index (κ3) is 7.09. The first-order valence-electron chi connectivity index (χ1n) is 12.4. The van der Waals surface area contributed by atoms with Gasteiger partial charge in [0.15, 0.2) is 0 Å². The molecule has 3 aromatic rings. The number of carbonyl (C=O) groups is 2. The van der Waals surface area contributed by atoms with Crippen molar-refractivity contribution in [2.75, 3.05) is 5.32 Å². The first kappa shape index (κ1) is 24.3. The number of benzene rings is 3. The van der Waals surface area contributed by atoms with E-state index < -0.39 is 12.1 Å². The van der Waals surface area contributed by atoms with E-state index in [0.717, 1.165) is 42.4 Å². The molecule has 2 atom stereocenters. The monoisotopic (exact) mass is 470 g/mol. The fourth-order valence-corrected chi connectivity index (χ4v) is 4.60. The van der Waals surface area contributed by atoms with Crippen LogP contribution in [-0.2, 0) is 0 Å². The van der Waals surface area contributed by atoms with Gasteiger partial charge in [-0.05, 0) is 43.0 Å². The predicted molar refractivity (Wildman–Crippen MR) is 140 cm³/mol. The van der Waals surface area contributed by atoms with Crippen molar-refractivity contribution < 1.29 is 9.59 Å². The van der Waals surface area contributed by atoms with Crippen LogP contribution in [0, 0.1) is 6.92 Å². The molecule has 0 bridgehead atoms. The van der Waals surface area contributed by atoms with E-state index in [0.29, 0.717) is 5.69 Å². The molecule has 0 spiro atoms. The second kappa shape index (κ2) is 12.1. The normalized spacial score (nSPS) is 15.5. The summed E-state index contributed by atoms with van der Waals surface area (Å²) in [6.45, 7) is 2.00. The molecule has 1 aliphatic rings. The van der Waals surface area contributed by atoms with Crippen LogP contribution in [0.15, 0.2) is 84.9 Å². The molecule has 4 amide bonds. The van der Waals surface area contributed by atoms with Crippen LogP contribution in [0.5, 0.6) is 0 Å². The van der Waals surface area contributed by atoms with Gasteiger partial charge >= 0.3 is 12.1 Å². The van der Waals surface area contributed by atoms with Crippen molar-refractivity contribution >= 4 is 17.7 Å². The fraction of sp³-hybridized carbons (Fsp3) is 0.310. The van der Waals surface area contributed by atoms with E-state index in [1.165, 1.54) is 6.42 Å². The lowest BCUT2D eigenvalue weighted by Crippen LogP contribution is -2.48. The van der Waals surface area contributed by atoms with Crippen molar-refractivity contribution in [3.05, 3.63) is 102 Å². The van der Waals surface area contributed by atoms with Crippen LogP contribution < -0.4 is 21.3 Å². The molecule has 6 nitrogen and oxygen atoms in total. The molecule has 1 saturated carbocycles. The molecule has 1 aliphatic carbocycles. The number of anilines is 1. The minimum atomic E-state index is -0.485. The molecule has 0 aliphatic heterocycles. The maximum Gasteiger partial charge on any atom is 0.319 e. The molecule has 3 aromatic carbocycles. The fourth-order valence-electron chi connectivity index (χ4n) is 4.60. The molecule has 0 saturated heterocycles. The van der Waals surface area contributed by atoms with Gasteiger partial charge < -0.3 is 21.3 Å². The lowest BCUT2D eigenvalue weighted by atomic mass is 9.93. The van der Waals surface area contributed by atoms with Crippen LogP contribution in [0.25, 0.3) is 0 Å². The molecular weight excluding hydrogens is 436 g/mol. The second-order valence-corrected chi connectivity index (χ2v) is 9.19. The van der Waals surface area contributed by atoms with Gasteiger partial charge in [0.05, 0.1) is 12.1 Å². The van der Waals surface area contributed by atoms with E-state index in [1.54, 1.807) is 0 Å². The summed E-state index contributed by atoms with van der Waals surface area (Å²) in [7, 11) is 0. The van der Waals surface area contributed by atoms with E-state index in [-0.39, 0.29) is 18.1 Å². The van der Waals surface area contributed by atoms with Crippen LogP contribution in [-0.4, -0.2) is 18.1 Å². The minimum Gasteiger partial charge on any atom is -0.335 e. The van der Waals surface area contributed by atoms with Crippen LogP contribution in [0.2, 0.25) is 0 Å². The zero-order chi connectivity index (χ0) is 24.5. The van der Waals surface area contributed by atoms with Gasteiger partial charge in [-0.2, -0.15) is 0 Å². The highest BCUT2D eigenvalue weighted by molar-refractivity contribution is 5.89. The number of aryl methyl sites for hydroxylation is 1. The Kier molecular flexibility index (Phi) is 8.39. The third-order valence-corrected chi connectivity index (χ3v) is 6.47. The Hall–Kier alpha value is -3.80. The molecule has 1 fully saturated rings. The zero-order valence-corrected chi connectivity index (χ0v) is 20.2. The number of nitrogens with one attached hydrogen (secondary N) is 4. The number of amides is 4. The Morgan fingerprint density at radius 2 is 1.20 bits per heavy atom. The number of urea groups is 2. The Bertz CT molecular complexity index is 1080. The minimum absolute atomic E-state index is 0.188. The summed E-state index contributed by atoms with van der Waals surface area (Å²) in [4.78, 5) is 26.2. The van der Waals surface area contributed by atoms with Gasteiger partial charge in [0.2, 0.25) is 0 Å². The quantitative estimate of drug-likeness (QED) is 0.330. The highest BCUT2D eigenvalue weighted by Crippen LogP contribution is 2.29. The van der Waals surface area contributed by atoms with E-state index in [2.05, 4.69) is 21.3 Å². The maximum atomic E-state index is 13.1. The zero-order valence-electron chi connectivity index (χ0n) is 20.2. The molecule has 0 aromatic heterocycles. The molecule has 4 N–H and O–H groups in total. The summed E-state index contributed by atoms with van der Waals surface area (Å²) in [5, 5.41) is 12.3. The molecule has 6 heteroatoms. The molecule has 0 radical (unpaired) electrons. The summed E-state index contributed by atoms with van der Waals surface area (Å²) in [5.41, 5.74) is 3.64. The van der Waals surface area contributed by atoms with Crippen molar-refractivity contribution in [2.24, 2.45) is 0 Å². The number of hydrogen-bond acceptors (Lipinski definition) is 2. The van der Waals surface area contributed by atoms with Gasteiger partial charge in [-0.15, -0.1) is 0 Å². The van der Waals surface area contributed by atoms with E-state index in [9.17, 15) is 9.59 Å². The van der Waals surface area contributed by atoms with Crippen LogP contribution >= 0.6 is 0 Å². The summed E-state index contributed by atoms with van der Waals surface area (Å²) in [6.07, 6.45) is 5.51. The van der Waals surface area contributed by atoms with Crippen LogP contribution in [0.4, 0.5) is 15.3 Å². The smallest absolute Gasteiger partial charge is 0.319 e. The van der Waals surface area contributed by atoms with Gasteiger partial charge in [-0.25, -0.2) is 9.59 Å². The predicted octanol–water partition coefficient (Wildman–Crippen LogP) is 6.23. The molecular formula is C29H34N4O2. The van der Waals surface area contributed by atoms with Crippen molar-refractivity contribution in [1.29, 1.82) is 0 Å². The maximum absolute atomic E-state index is 13.1. The van der Waals surface area contributed by atoms with E-state index >= 15 is 0 Å². The van der Waals surface area contributed by atoms with Crippen LogP contribution in [0.3, 0.4) is 0 Å². The van der Waals surface area contributed by atoms with Crippen LogP contribution in [0.1, 0.15) is 60.9 Å². The Morgan fingerprint density at radius 1 is 0.686 bits per heavy atom. The molecule has 0 heterocycles. The number of carbonyl (C=O) groups excluding carboxylic acids is 2. The summed E-state index contributed by atoms with van der Waals surface area (Å²) in [5.74, 6) is 0. The SMILES string of the molecule is Cc1ccc(NC(=O)NC(c2ccccc2)C(NC(=O)NC2CCCCC2)c2ccccc2)cc1. The molecule has 182 valence electrons. The van der Waals surface area contributed by atoms with E-state index in [1.807, 2.05) is 91.9 Å². The average Bonchev–Trinajstić information content (AvgIpc) is 2.89. The highest BCUT2D eigenvalue weighted by atomic mass is 16.2. The van der Waals surface area contributed by atoms with Gasteiger partial charge in [0.25, 0.3) is 0 Å². The Morgan fingerprint density at radius 3 is 1.74 bits per heavy atom. The van der Waals surface area contributed by atoms with Crippen molar-refractivity contribution in [3.8, 4) is 0 Å². The van der Waals surface area contributed by atoms with Crippen molar-refractivity contribution in [2.45, 2.75) is 57.2 Å². The lowest BCUT2D eigenvalue weighted by Gasteiger charge is -2.31. The van der Waals surface area contributed by atoms with Gasteiger partial charge in [0, 0.05) is 11.7 Å². The summed E-state index contributed by atoms with van der Waals surface area (Å²) >= 11 is 0. The second-order valence-electron chi connectivity index (χ2n) is 9.19. The lowest BCUT2D eigenvalue weighted by molar-refractivity contribution is 0.222.